The predicted octanol–water partition coefficient (Wildman–Crippen LogP) is 5.24. The molecule has 3 heteroatoms. The van der Waals surface area contributed by atoms with Crippen molar-refractivity contribution in [2.75, 3.05) is 0 Å². The molecule has 3 aromatic heterocycles. The van der Waals surface area contributed by atoms with Crippen LogP contribution in [0.1, 0.15) is 0 Å². The molecule has 0 radical (unpaired) electrons. The topological polar surface area (TPSA) is 30.7 Å². The third kappa shape index (κ3) is 2.21. The third-order valence-electron chi connectivity index (χ3n) is 4.46. The molecular weight excluding hydrogens is 306 g/mol. The molecule has 0 aliphatic heterocycles. The lowest BCUT2D eigenvalue weighted by molar-refractivity contribution is 1.08. The number of benzene rings is 2. The van der Waals surface area contributed by atoms with Crippen LogP contribution >= 0.6 is 0 Å². The van der Waals surface area contributed by atoms with Crippen LogP contribution in [0.2, 0.25) is 0 Å². The summed E-state index contributed by atoms with van der Waals surface area (Å²) in [4.78, 5) is 9.51. The zero-order chi connectivity index (χ0) is 16.6. The molecule has 0 saturated carbocycles. The molecule has 118 valence electrons. The van der Waals surface area contributed by atoms with Gasteiger partial charge in [0.15, 0.2) is 0 Å². The molecule has 0 aliphatic carbocycles. The molecule has 0 saturated heterocycles. The first-order chi connectivity index (χ1) is 12.4. The van der Waals surface area contributed by atoms with E-state index in [9.17, 15) is 0 Å². The summed E-state index contributed by atoms with van der Waals surface area (Å²) in [6.07, 6.45) is 1.82. The van der Waals surface area contributed by atoms with Gasteiger partial charge in [0.1, 0.15) is 5.82 Å². The number of hydrogen-bond acceptors (Lipinski definition) is 2. The summed E-state index contributed by atoms with van der Waals surface area (Å²) in [7, 11) is 0. The lowest BCUT2D eigenvalue weighted by Gasteiger charge is -2.06. The van der Waals surface area contributed by atoms with Gasteiger partial charge >= 0.3 is 0 Å². The minimum absolute atomic E-state index is 0.906. The Kier molecular flexibility index (Phi) is 3.10. The Bertz CT molecular complexity index is 1180. The second-order valence-corrected chi connectivity index (χ2v) is 5.97. The molecule has 0 atom stereocenters. The first-order valence-electron chi connectivity index (χ1n) is 8.29. The van der Waals surface area contributed by atoms with Gasteiger partial charge in [0.25, 0.3) is 0 Å². The average molecular weight is 321 g/mol. The van der Waals surface area contributed by atoms with Crippen molar-refractivity contribution >= 4 is 21.9 Å². The molecule has 0 N–H and O–H groups in total. The van der Waals surface area contributed by atoms with Gasteiger partial charge in [-0.2, -0.15) is 0 Å². The van der Waals surface area contributed by atoms with Crippen LogP contribution in [0.3, 0.4) is 0 Å². The van der Waals surface area contributed by atoms with Crippen molar-refractivity contribution in [3.05, 3.63) is 91.1 Å². The molecule has 3 heterocycles. The number of pyridine rings is 2. The molecule has 0 bridgehead atoms. The monoisotopic (exact) mass is 321 g/mol. The summed E-state index contributed by atoms with van der Waals surface area (Å²) in [5, 5.41) is 1.14. The van der Waals surface area contributed by atoms with Gasteiger partial charge in [0, 0.05) is 17.1 Å². The van der Waals surface area contributed by atoms with Crippen LogP contribution in [0, 0.1) is 0 Å². The maximum Gasteiger partial charge on any atom is 0.137 e. The maximum atomic E-state index is 4.97. The highest BCUT2D eigenvalue weighted by Gasteiger charge is 2.14. The van der Waals surface area contributed by atoms with Crippen molar-refractivity contribution in [1.29, 1.82) is 0 Å². The molecule has 0 aliphatic rings. The quantitative estimate of drug-likeness (QED) is 0.445. The van der Waals surface area contributed by atoms with Crippen molar-refractivity contribution in [2.24, 2.45) is 0 Å². The maximum absolute atomic E-state index is 4.97. The molecule has 2 aromatic carbocycles. The molecule has 0 amide bonds. The smallest absolute Gasteiger partial charge is 0.137 e. The van der Waals surface area contributed by atoms with Gasteiger partial charge in [-0.1, -0.05) is 54.6 Å². The van der Waals surface area contributed by atoms with Crippen LogP contribution in [-0.2, 0) is 0 Å². The zero-order valence-corrected chi connectivity index (χ0v) is 13.5. The van der Waals surface area contributed by atoms with E-state index in [1.54, 1.807) is 0 Å². The Morgan fingerprint density at radius 2 is 1.44 bits per heavy atom. The lowest BCUT2D eigenvalue weighted by Crippen LogP contribution is -1.96. The van der Waals surface area contributed by atoms with Crippen LogP contribution in [-0.4, -0.2) is 14.5 Å². The second kappa shape index (κ2) is 5.56. The van der Waals surface area contributed by atoms with E-state index in [1.807, 2.05) is 42.6 Å². The predicted molar refractivity (Wildman–Crippen MR) is 102 cm³/mol. The van der Waals surface area contributed by atoms with Gasteiger partial charge in [0.2, 0.25) is 0 Å². The van der Waals surface area contributed by atoms with E-state index in [0.29, 0.717) is 0 Å². The van der Waals surface area contributed by atoms with Crippen LogP contribution in [0.4, 0.5) is 0 Å². The van der Waals surface area contributed by atoms with Crippen molar-refractivity contribution in [3.8, 4) is 17.1 Å². The zero-order valence-electron chi connectivity index (χ0n) is 13.5. The summed E-state index contributed by atoms with van der Waals surface area (Å²) < 4.78 is 2.17. The van der Waals surface area contributed by atoms with Crippen LogP contribution in [0.25, 0.3) is 39.0 Å². The summed E-state index contributed by atoms with van der Waals surface area (Å²) in [5.74, 6) is 0.906. The highest BCUT2D eigenvalue weighted by atomic mass is 15.1. The number of aromatic nitrogens is 3. The molecular formula is C22H15N3. The number of hydrogen-bond donors (Lipinski definition) is 0. The molecule has 0 unspecified atom stereocenters. The number of rotatable bonds is 2. The second-order valence-electron chi connectivity index (χ2n) is 5.97. The molecule has 0 spiro atoms. The Hall–Kier alpha value is -3.46. The highest BCUT2D eigenvalue weighted by Crippen LogP contribution is 2.31. The van der Waals surface area contributed by atoms with Crippen molar-refractivity contribution in [2.45, 2.75) is 0 Å². The highest BCUT2D eigenvalue weighted by molar-refractivity contribution is 6.07. The lowest BCUT2D eigenvalue weighted by atomic mass is 10.1. The molecule has 25 heavy (non-hydrogen) atoms. The number of fused-ring (bicyclic) bond motifs is 3. The fourth-order valence-electron chi connectivity index (χ4n) is 3.33. The largest absolute Gasteiger partial charge is 0.292 e. The third-order valence-corrected chi connectivity index (χ3v) is 4.46. The Morgan fingerprint density at radius 1 is 0.640 bits per heavy atom. The van der Waals surface area contributed by atoms with E-state index in [-0.39, 0.29) is 0 Å². The minimum Gasteiger partial charge on any atom is -0.292 e. The first kappa shape index (κ1) is 13.9. The Labute approximate surface area is 145 Å². The van der Waals surface area contributed by atoms with Crippen molar-refractivity contribution < 1.29 is 0 Å². The summed E-state index contributed by atoms with van der Waals surface area (Å²) in [5.41, 5.74) is 5.30. The molecule has 5 aromatic rings. The van der Waals surface area contributed by atoms with Gasteiger partial charge in [0.05, 0.1) is 22.2 Å². The Balaban J connectivity index is 1.86. The normalized spacial score (nSPS) is 11.2. The average Bonchev–Trinajstić information content (AvgIpc) is 3.03. The van der Waals surface area contributed by atoms with Gasteiger partial charge < -0.3 is 0 Å². The Morgan fingerprint density at radius 3 is 2.28 bits per heavy atom. The van der Waals surface area contributed by atoms with Crippen molar-refractivity contribution in [3.63, 3.8) is 0 Å². The first-order valence-corrected chi connectivity index (χ1v) is 8.29. The van der Waals surface area contributed by atoms with Crippen LogP contribution in [0.5, 0.6) is 0 Å². The van der Waals surface area contributed by atoms with E-state index < -0.39 is 0 Å². The molecule has 3 nitrogen and oxygen atoms in total. The summed E-state index contributed by atoms with van der Waals surface area (Å²) in [6.45, 7) is 0. The van der Waals surface area contributed by atoms with E-state index in [1.165, 1.54) is 0 Å². The van der Waals surface area contributed by atoms with E-state index in [0.717, 1.165) is 39.0 Å². The van der Waals surface area contributed by atoms with E-state index in [4.69, 9.17) is 4.98 Å². The molecule has 0 fully saturated rings. The van der Waals surface area contributed by atoms with Crippen molar-refractivity contribution in [1.82, 2.24) is 14.5 Å². The number of nitrogens with zero attached hydrogens (tertiary/aromatic N) is 3. The van der Waals surface area contributed by atoms with Gasteiger partial charge in [-0.25, -0.2) is 9.97 Å². The standard InChI is InChI=1S/C22H15N3/c1-2-8-16(9-3-1)18-13-14-20-22(24-18)17-10-4-5-11-19(17)25(20)21-12-6-7-15-23-21/h1-15H. The SMILES string of the molecule is c1ccc(-c2ccc3c(n2)c2ccccc2n3-c2ccccn2)cc1. The van der Waals surface area contributed by atoms with Gasteiger partial charge in [-0.3, -0.25) is 4.57 Å². The fourth-order valence-corrected chi connectivity index (χ4v) is 3.33. The van der Waals surface area contributed by atoms with Gasteiger partial charge in [-0.05, 0) is 30.3 Å². The van der Waals surface area contributed by atoms with Crippen LogP contribution in [0.15, 0.2) is 91.1 Å². The minimum atomic E-state index is 0.906. The summed E-state index contributed by atoms with van der Waals surface area (Å²) in [6, 6.07) is 28.8. The molecule has 5 rings (SSSR count). The van der Waals surface area contributed by atoms with Crippen LogP contribution < -0.4 is 0 Å². The fraction of sp³-hybridized carbons (Fsp3) is 0. The van der Waals surface area contributed by atoms with E-state index in [2.05, 4.69) is 58.1 Å². The number of para-hydroxylation sites is 1. The van der Waals surface area contributed by atoms with Gasteiger partial charge in [-0.15, -0.1) is 0 Å². The summed E-state index contributed by atoms with van der Waals surface area (Å²) >= 11 is 0. The van der Waals surface area contributed by atoms with E-state index >= 15 is 0 Å².